The standard InChI is InChI=1S/C14H19N3S/c1-11(12-2-4-13(15)5-3-12)6-7-16-8-14-9-18-10-17-14/h2-5,9-11,16H,6-8,15H2,1H3. The van der Waals surface area contributed by atoms with E-state index in [4.69, 9.17) is 5.73 Å². The maximum atomic E-state index is 5.68. The molecule has 0 aliphatic heterocycles. The van der Waals surface area contributed by atoms with Gasteiger partial charge in [-0.05, 0) is 36.6 Å². The lowest BCUT2D eigenvalue weighted by Gasteiger charge is -2.12. The van der Waals surface area contributed by atoms with Gasteiger partial charge in [-0.3, -0.25) is 0 Å². The zero-order valence-electron chi connectivity index (χ0n) is 10.6. The van der Waals surface area contributed by atoms with Gasteiger partial charge in [0.15, 0.2) is 0 Å². The van der Waals surface area contributed by atoms with Gasteiger partial charge in [0.2, 0.25) is 0 Å². The van der Waals surface area contributed by atoms with Crippen LogP contribution in [-0.2, 0) is 6.54 Å². The molecule has 0 saturated carbocycles. The number of hydrogen-bond acceptors (Lipinski definition) is 4. The van der Waals surface area contributed by atoms with Gasteiger partial charge < -0.3 is 11.1 Å². The summed E-state index contributed by atoms with van der Waals surface area (Å²) in [5.74, 6) is 0.550. The summed E-state index contributed by atoms with van der Waals surface area (Å²) in [6.07, 6.45) is 1.12. The van der Waals surface area contributed by atoms with Gasteiger partial charge in [-0.1, -0.05) is 19.1 Å². The van der Waals surface area contributed by atoms with Crippen LogP contribution in [-0.4, -0.2) is 11.5 Å². The molecule has 1 heterocycles. The summed E-state index contributed by atoms with van der Waals surface area (Å²) in [7, 11) is 0. The summed E-state index contributed by atoms with van der Waals surface area (Å²) in [6, 6.07) is 8.16. The van der Waals surface area contributed by atoms with Crippen LogP contribution in [0.4, 0.5) is 5.69 Å². The van der Waals surface area contributed by atoms with Gasteiger partial charge in [0.25, 0.3) is 0 Å². The Morgan fingerprint density at radius 3 is 2.78 bits per heavy atom. The van der Waals surface area contributed by atoms with E-state index in [0.717, 1.165) is 30.9 Å². The number of nitrogens with two attached hydrogens (primary N) is 1. The summed E-state index contributed by atoms with van der Waals surface area (Å²) in [5.41, 5.74) is 10.9. The normalized spacial score (nSPS) is 12.5. The first-order chi connectivity index (χ1) is 8.75. The molecular weight excluding hydrogens is 242 g/mol. The lowest BCUT2D eigenvalue weighted by Crippen LogP contribution is -2.16. The molecule has 0 bridgehead atoms. The fourth-order valence-corrected chi connectivity index (χ4v) is 2.41. The SMILES string of the molecule is CC(CCNCc1cscn1)c1ccc(N)cc1. The van der Waals surface area contributed by atoms with Crippen LogP contribution in [0.15, 0.2) is 35.2 Å². The maximum absolute atomic E-state index is 5.68. The summed E-state index contributed by atoms with van der Waals surface area (Å²) in [4.78, 5) is 4.24. The number of benzene rings is 1. The van der Waals surface area contributed by atoms with Crippen LogP contribution in [0.5, 0.6) is 0 Å². The Bertz CT molecular complexity index is 450. The molecule has 0 aliphatic carbocycles. The smallest absolute Gasteiger partial charge is 0.0795 e. The fourth-order valence-electron chi connectivity index (χ4n) is 1.85. The van der Waals surface area contributed by atoms with Crippen molar-refractivity contribution in [2.24, 2.45) is 0 Å². The molecule has 2 rings (SSSR count). The quantitative estimate of drug-likeness (QED) is 0.621. The van der Waals surface area contributed by atoms with Crippen molar-refractivity contribution in [1.29, 1.82) is 0 Å². The molecule has 1 atom stereocenters. The predicted octanol–water partition coefficient (Wildman–Crippen LogP) is 3.01. The monoisotopic (exact) mass is 261 g/mol. The average Bonchev–Trinajstić information content (AvgIpc) is 2.88. The van der Waals surface area contributed by atoms with Gasteiger partial charge >= 0.3 is 0 Å². The summed E-state index contributed by atoms with van der Waals surface area (Å²) >= 11 is 1.64. The van der Waals surface area contributed by atoms with Crippen molar-refractivity contribution in [3.05, 3.63) is 46.4 Å². The van der Waals surface area contributed by atoms with Crippen LogP contribution in [0.3, 0.4) is 0 Å². The van der Waals surface area contributed by atoms with Crippen molar-refractivity contribution in [1.82, 2.24) is 10.3 Å². The van der Waals surface area contributed by atoms with E-state index < -0.39 is 0 Å². The fraction of sp³-hybridized carbons (Fsp3) is 0.357. The Balaban J connectivity index is 1.71. The van der Waals surface area contributed by atoms with Crippen molar-refractivity contribution in [2.75, 3.05) is 12.3 Å². The molecule has 0 fully saturated rings. The largest absolute Gasteiger partial charge is 0.399 e. The number of aromatic nitrogens is 1. The lowest BCUT2D eigenvalue weighted by molar-refractivity contribution is 0.590. The Hall–Kier alpha value is -1.39. The molecule has 3 N–H and O–H groups in total. The molecule has 96 valence electrons. The highest BCUT2D eigenvalue weighted by Crippen LogP contribution is 2.19. The van der Waals surface area contributed by atoms with Crippen LogP contribution in [0.1, 0.15) is 30.5 Å². The van der Waals surface area contributed by atoms with Gasteiger partial charge in [-0.25, -0.2) is 4.98 Å². The Labute approximate surface area is 112 Å². The van der Waals surface area contributed by atoms with Crippen LogP contribution in [0.25, 0.3) is 0 Å². The predicted molar refractivity (Wildman–Crippen MR) is 77.7 cm³/mol. The minimum atomic E-state index is 0.550. The molecule has 4 heteroatoms. The molecule has 3 nitrogen and oxygen atoms in total. The number of thiazole rings is 1. The van der Waals surface area contributed by atoms with E-state index in [0.29, 0.717) is 5.92 Å². The molecule has 0 amide bonds. The minimum absolute atomic E-state index is 0.550. The second-order valence-electron chi connectivity index (χ2n) is 4.51. The van der Waals surface area contributed by atoms with E-state index in [2.05, 4.69) is 34.7 Å². The summed E-state index contributed by atoms with van der Waals surface area (Å²) in [5, 5.41) is 5.50. The first kappa shape index (κ1) is 13.1. The van der Waals surface area contributed by atoms with E-state index in [-0.39, 0.29) is 0 Å². The molecule has 0 spiro atoms. The number of nitrogen functional groups attached to an aromatic ring is 1. The molecule has 0 radical (unpaired) electrons. The zero-order chi connectivity index (χ0) is 12.8. The van der Waals surface area contributed by atoms with E-state index >= 15 is 0 Å². The number of nitrogens with one attached hydrogen (secondary N) is 1. The molecule has 2 aromatic rings. The number of hydrogen-bond donors (Lipinski definition) is 2. The van der Waals surface area contributed by atoms with Crippen molar-refractivity contribution >= 4 is 17.0 Å². The van der Waals surface area contributed by atoms with E-state index in [1.165, 1.54) is 5.56 Å². The first-order valence-electron chi connectivity index (χ1n) is 6.19. The van der Waals surface area contributed by atoms with Crippen molar-refractivity contribution in [3.63, 3.8) is 0 Å². The third kappa shape index (κ3) is 3.82. The Morgan fingerprint density at radius 2 is 2.11 bits per heavy atom. The van der Waals surface area contributed by atoms with Crippen LogP contribution in [0, 0.1) is 0 Å². The van der Waals surface area contributed by atoms with Gasteiger partial charge in [-0.15, -0.1) is 11.3 Å². The van der Waals surface area contributed by atoms with Crippen molar-refractivity contribution < 1.29 is 0 Å². The number of anilines is 1. The summed E-state index contributed by atoms with van der Waals surface area (Å²) < 4.78 is 0. The minimum Gasteiger partial charge on any atom is -0.399 e. The van der Waals surface area contributed by atoms with Crippen molar-refractivity contribution in [3.8, 4) is 0 Å². The molecule has 0 saturated heterocycles. The van der Waals surface area contributed by atoms with Crippen LogP contribution >= 0.6 is 11.3 Å². The third-order valence-electron chi connectivity index (χ3n) is 3.05. The maximum Gasteiger partial charge on any atom is 0.0795 e. The van der Waals surface area contributed by atoms with E-state index in [9.17, 15) is 0 Å². The van der Waals surface area contributed by atoms with Gasteiger partial charge in [0.05, 0.1) is 11.2 Å². The third-order valence-corrected chi connectivity index (χ3v) is 3.68. The molecule has 18 heavy (non-hydrogen) atoms. The van der Waals surface area contributed by atoms with Crippen LogP contribution < -0.4 is 11.1 Å². The highest BCUT2D eigenvalue weighted by molar-refractivity contribution is 7.07. The van der Waals surface area contributed by atoms with E-state index in [1.807, 2.05) is 17.6 Å². The van der Waals surface area contributed by atoms with Crippen molar-refractivity contribution in [2.45, 2.75) is 25.8 Å². The average molecular weight is 261 g/mol. The molecule has 0 aliphatic rings. The first-order valence-corrected chi connectivity index (χ1v) is 7.13. The lowest BCUT2D eigenvalue weighted by atomic mass is 9.98. The number of rotatable bonds is 6. The Morgan fingerprint density at radius 1 is 1.33 bits per heavy atom. The Kier molecular flexibility index (Phi) is 4.73. The second kappa shape index (κ2) is 6.52. The topological polar surface area (TPSA) is 50.9 Å². The van der Waals surface area contributed by atoms with Gasteiger partial charge in [-0.2, -0.15) is 0 Å². The highest BCUT2D eigenvalue weighted by Gasteiger charge is 2.04. The molecular formula is C14H19N3S. The summed E-state index contributed by atoms with van der Waals surface area (Å²) in [6.45, 7) is 4.11. The van der Waals surface area contributed by atoms with Crippen LogP contribution in [0.2, 0.25) is 0 Å². The second-order valence-corrected chi connectivity index (χ2v) is 5.23. The molecule has 1 aromatic heterocycles. The highest BCUT2D eigenvalue weighted by atomic mass is 32.1. The van der Waals surface area contributed by atoms with Gasteiger partial charge in [0.1, 0.15) is 0 Å². The van der Waals surface area contributed by atoms with Gasteiger partial charge in [0, 0.05) is 17.6 Å². The zero-order valence-corrected chi connectivity index (χ0v) is 11.4. The molecule has 1 unspecified atom stereocenters. The molecule has 1 aromatic carbocycles. The van der Waals surface area contributed by atoms with E-state index in [1.54, 1.807) is 11.3 Å². The number of nitrogens with zero attached hydrogens (tertiary/aromatic N) is 1.